The molecule has 6 nitrogen and oxygen atoms in total. The standard InChI is InChI=1S/C19H18N4O2/c20-18(24)15-4-6-16(7-5-15)19(25)21-12-10-14-2-8-17(9-3-14)23-13-1-11-22-23/h1-9,11,13H,10,12H2,(H2,20,24)(H,21,25). The van der Waals surface area contributed by atoms with E-state index in [0.29, 0.717) is 17.7 Å². The molecular formula is C19H18N4O2. The second-order valence-corrected chi connectivity index (χ2v) is 5.56. The van der Waals surface area contributed by atoms with Crippen LogP contribution in [0.5, 0.6) is 0 Å². The van der Waals surface area contributed by atoms with Gasteiger partial charge in [0.05, 0.1) is 5.69 Å². The summed E-state index contributed by atoms with van der Waals surface area (Å²) in [5.74, 6) is -0.685. The molecule has 0 bridgehead atoms. The van der Waals surface area contributed by atoms with Crippen LogP contribution in [0.15, 0.2) is 67.0 Å². The van der Waals surface area contributed by atoms with Crippen LogP contribution in [-0.4, -0.2) is 28.1 Å². The van der Waals surface area contributed by atoms with E-state index >= 15 is 0 Å². The second kappa shape index (κ2) is 7.44. The highest BCUT2D eigenvalue weighted by Gasteiger charge is 2.06. The van der Waals surface area contributed by atoms with Gasteiger partial charge >= 0.3 is 0 Å². The number of nitrogens with zero attached hydrogens (tertiary/aromatic N) is 2. The van der Waals surface area contributed by atoms with E-state index in [-0.39, 0.29) is 5.91 Å². The number of nitrogens with one attached hydrogen (secondary N) is 1. The maximum absolute atomic E-state index is 12.1. The van der Waals surface area contributed by atoms with Crippen molar-refractivity contribution in [1.82, 2.24) is 15.1 Å². The Morgan fingerprint density at radius 2 is 1.68 bits per heavy atom. The van der Waals surface area contributed by atoms with E-state index in [1.54, 1.807) is 35.1 Å². The molecule has 1 aromatic heterocycles. The molecule has 0 aliphatic carbocycles. The first-order chi connectivity index (χ1) is 12.1. The molecule has 0 saturated carbocycles. The Balaban J connectivity index is 1.52. The quantitative estimate of drug-likeness (QED) is 0.722. The third kappa shape index (κ3) is 4.11. The summed E-state index contributed by atoms with van der Waals surface area (Å²) in [7, 11) is 0. The molecule has 0 atom stereocenters. The minimum atomic E-state index is -0.509. The smallest absolute Gasteiger partial charge is 0.251 e. The van der Waals surface area contributed by atoms with Crippen molar-refractivity contribution in [3.8, 4) is 5.69 Å². The monoisotopic (exact) mass is 334 g/mol. The van der Waals surface area contributed by atoms with E-state index < -0.39 is 5.91 Å². The molecule has 3 aromatic rings. The first kappa shape index (κ1) is 16.4. The minimum absolute atomic E-state index is 0.177. The third-order valence-corrected chi connectivity index (χ3v) is 3.84. The molecule has 3 rings (SSSR count). The first-order valence-corrected chi connectivity index (χ1v) is 7.90. The zero-order chi connectivity index (χ0) is 17.6. The number of rotatable bonds is 6. The van der Waals surface area contributed by atoms with Gasteiger partial charge in [-0.05, 0) is 54.4 Å². The SMILES string of the molecule is NC(=O)c1ccc(C(=O)NCCc2ccc(-n3cccn3)cc2)cc1. The zero-order valence-corrected chi connectivity index (χ0v) is 13.6. The molecule has 2 amide bonds. The van der Waals surface area contributed by atoms with Gasteiger partial charge in [-0.25, -0.2) is 4.68 Å². The lowest BCUT2D eigenvalue weighted by Gasteiger charge is -2.07. The van der Waals surface area contributed by atoms with Gasteiger partial charge in [0.15, 0.2) is 0 Å². The summed E-state index contributed by atoms with van der Waals surface area (Å²) < 4.78 is 1.79. The summed E-state index contributed by atoms with van der Waals surface area (Å²) in [6.07, 6.45) is 4.35. The Kier molecular flexibility index (Phi) is 4.89. The van der Waals surface area contributed by atoms with E-state index in [1.807, 2.05) is 36.5 Å². The Morgan fingerprint density at radius 1 is 1.00 bits per heavy atom. The molecule has 1 heterocycles. The van der Waals surface area contributed by atoms with E-state index in [0.717, 1.165) is 17.7 Å². The fourth-order valence-corrected chi connectivity index (χ4v) is 2.45. The molecule has 0 fully saturated rings. The summed E-state index contributed by atoms with van der Waals surface area (Å²) in [6.45, 7) is 0.525. The van der Waals surface area contributed by atoms with E-state index in [2.05, 4.69) is 10.4 Å². The Bertz CT molecular complexity index is 853. The Hall–Kier alpha value is -3.41. The van der Waals surface area contributed by atoms with Crippen LogP contribution in [0.2, 0.25) is 0 Å². The first-order valence-electron chi connectivity index (χ1n) is 7.90. The van der Waals surface area contributed by atoms with Gasteiger partial charge in [-0.15, -0.1) is 0 Å². The van der Waals surface area contributed by atoms with Crippen LogP contribution < -0.4 is 11.1 Å². The van der Waals surface area contributed by atoms with Crippen LogP contribution in [0.4, 0.5) is 0 Å². The normalized spacial score (nSPS) is 10.4. The maximum Gasteiger partial charge on any atom is 0.251 e. The number of nitrogens with two attached hydrogens (primary N) is 1. The molecule has 25 heavy (non-hydrogen) atoms. The maximum atomic E-state index is 12.1. The van der Waals surface area contributed by atoms with E-state index in [1.165, 1.54) is 0 Å². The lowest BCUT2D eigenvalue weighted by atomic mass is 10.1. The van der Waals surface area contributed by atoms with Crippen molar-refractivity contribution in [3.05, 3.63) is 83.7 Å². The number of primary amides is 1. The van der Waals surface area contributed by atoms with Crippen LogP contribution in [0.1, 0.15) is 26.3 Å². The highest BCUT2D eigenvalue weighted by molar-refractivity contribution is 5.97. The summed E-state index contributed by atoms with van der Waals surface area (Å²) in [4.78, 5) is 23.1. The molecule has 0 aliphatic rings. The highest BCUT2D eigenvalue weighted by Crippen LogP contribution is 2.09. The van der Waals surface area contributed by atoms with Gasteiger partial charge in [0.2, 0.25) is 5.91 Å². The van der Waals surface area contributed by atoms with Crippen LogP contribution in [0.3, 0.4) is 0 Å². The average Bonchev–Trinajstić information content (AvgIpc) is 3.17. The molecule has 0 spiro atoms. The predicted octanol–water partition coefficient (Wildman–Crippen LogP) is 1.94. The van der Waals surface area contributed by atoms with Crippen LogP contribution in [-0.2, 0) is 6.42 Å². The van der Waals surface area contributed by atoms with Gasteiger partial charge < -0.3 is 11.1 Å². The molecule has 3 N–H and O–H groups in total. The van der Waals surface area contributed by atoms with Gasteiger partial charge in [0, 0.05) is 30.1 Å². The third-order valence-electron chi connectivity index (χ3n) is 3.84. The molecule has 0 radical (unpaired) electrons. The molecule has 0 saturated heterocycles. The lowest BCUT2D eigenvalue weighted by molar-refractivity contribution is 0.0951. The molecule has 126 valence electrons. The van der Waals surface area contributed by atoms with Crippen LogP contribution >= 0.6 is 0 Å². The topological polar surface area (TPSA) is 90.0 Å². The van der Waals surface area contributed by atoms with Crippen molar-refractivity contribution < 1.29 is 9.59 Å². The summed E-state index contributed by atoms with van der Waals surface area (Å²) in [5, 5.41) is 7.05. The van der Waals surface area contributed by atoms with Gasteiger partial charge in [0.1, 0.15) is 0 Å². The number of hydrogen-bond donors (Lipinski definition) is 2. The summed E-state index contributed by atoms with van der Waals surface area (Å²) in [5.41, 5.74) is 8.18. The number of amides is 2. The van der Waals surface area contributed by atoms with Gasteiger partial charge in [-0.1, -0.05) is 12.1 Å². The minimum Gasteiger partial charge on any atom is -0.366 e. The van der Waals surface area contributed by atoms with Crippen molar-refractivity contribution in [1.29, 1.82) is 0 Å². The van der Waals surface area contributed by atoms with E-state index in [4.69, 9.17) is 5.73 Å². The molecule has 0 unspecified atom stereocenters. The van der Waals surface area contributed by atoms with E-state index in [9.17, 15) is 9.59 Å². The van der Waals surface area contributed by atoms with Crippen molar-refractivity contribution in [2.45, 2.75) is 6.42 Å². The largest absolute Gasteiger partial charge is 0.366 e. The zero-order valence-electron chi connectivity index (χ0n) is 13.6. The number of hydrogen-bond acceptors (Lipinski definition) is 3. The summed E-state index contributed by atoms with van der Waals surface area (Å²) in [6, 6.07) is 16.2. The molecule has 6 heteroatoms. The number of benzene rings is 2. The van der Waals surface area contributed by atoms with Gasteiger partial charge in [-0.2, -0.15) is 5.10 Å². The summed E-state index contributed by atoms with van der Waals surface area (Å²) >= 11 is 0. The van der Waals surface area contributed by atoms with Crippen LogP contribution in [0.25, 0.3) is 5.69 Å². The number of carbonyl (C=O) groups excluding carboxylic acids is 2. The van der Waals surface area contributed by atoms with Gasteiger partial charge in [-0.3, -0.25) is 9.59 Å². The fraction of sp³-hybridized carbons (Fsp3) is 0.105. The number of carbonyl (C=O) groups is 2. The van der Waals surface area contributed by atoms with Crippen molar-refractivity contribution in [2.24, 2.45) is 5.73 Å². The van der Waals surface area contributed by atoms with Crippen LogP contribution in [0, 0.1) is 0 Å². The highest BCUT2D eigenvalue weighted by atomic mass is 16.2. The van der Waals surface area contributed by atoms with Crippen molar-refractivity contribution in [2.75, 3.05) is 6.54 Å². The fourth-order valence-electron chi connectivity index (χ4n) is 2.45. The van der Waals surface area contributed by atoms with Gasteiger partial charge in [0.25, 0.3) is 5.91 Å². The Labute approximate surface area is 145 Å². The molecule has 2 aromatic carbocycles. The Morgan fingerprint density at radius 3 is 2.28 bits per heavy atom. The average molecular weight is 334 g/mol. The number of aromatic nitrogens is 2. The van der Waals surface area contributed by atoms with Crippen molar-refractivity contribution >= 4 is 11.8 Å². The molecule has 0 aliphatic heterocycles. The second-order valence-electron chi connectivity index (χ2n) is 5.56. The predicted molar refractivity (Wildman–Crippen MR) is 94.6 cm³/mol. The lowest BCUT2D eigenvalue weighted by Crippen LogP contribution is -2.25. The molecular weight excluding hydrogens is 316 g/mol. The van der Waals surface area contributed by atoms with Crippen molar-refractivity contribution in [3.63, 3.8) is 0 Å².